The summed E-state index contributed by atoms with van der Waals surface area (Å²) in [5.74, 6) is 0.600. The molecule has 1 aromatic heterocycles. The summed E-state index contributed by atoms with van der Waals surface area (Å²) in [6, 6.07) is 7.01. The van der Waals surface area contributed by atoms with Crippen molar-refractivity contribution >= 4 is 17.2 Å². The Bertz CT molecular complexity index is 702. The Hall–Kier alpha value is -1.87. The second-order valence-corrected chi connectivity index (χ2v) is 6.34. The zero-order valence-electron chi connectivity index (χ0n) is 12.1. The van der Waals surface area contributed by atoms with Crippen LogP contribution in [0.25, 0.3) is 10.9 Å². The van der Waals surface area contributed by atoms with E-state index in [0.717, 1.165) is 32.2 Å². The molecule has 2 heterocycles. The lowest BCUT2D eigenvalue weighted by molar-refractivity contribution is -0.113. The van der Waals surface area contributed by atoms with Crippen LogP contribution in [0.3, 0.4) is 0 Å². The van der Waals surface area contributed by atoms with E-state index in [9.17, 15) is 4.79 Å². The molecule has 3 atom stereocenters. The number of carbonyl (C=O) groups is 1. The van der Waals surface area contributed by atoms with Gasteiger partial charge in [-0.1, -0.05) is 18.2 Å². The van der Waals surface area contributed by atoms with Gasteiger partial charge in [-0.25, -0.2) is 0 Å². The molecule has 2 aromatic rings. The van der Waals surface area contributed by atoms with E-state index in [-0.39, 0.29) is 5.92 Å². The molecule has 3 unspecified atom stereocenters. The fourth-order valence-electron chi connectivity index (χ4n) is 4.31. The average molecular weight is 280 g/mol. The third kappa shape index (κ3) is 1.88. The molecule has 0 bridgehead atoms. The van der Waals surface area contributed by atoms with Gasteiger partial charge in [0, 0.05) is 48.1 Å². The lowest BCUT2D eigenvalue weighted by Gasteiger charge is -2.45. The van der Waals surface area contributed by atoms with Crippen LogP contribution in [0, 0.1) is 5.92 Å². The molecule has 1 fully saturated rings. The van der Waals surface area contributed by atoms with Gasteiger partial charge in [-0.05, 0) is 30.0 Å². The number of nitrogens with one attached hydrogen (secondary N) is 1. The Labute approximate surface area is 124 Å². The summed E-state index contributed by atoms with van der Waals surface area (Å²) in [5.41, 5.74) is 4.06. The molecule has 3 heteroatoms. The third-order valence-electron chi connectivity index (χ3n) is 5.16. The van der Waals surface area contributed by atoms with Gasteiger partial charge in [0.2, 0.25) is 0 Å². The van der Waals surface area contributed by atoms with Crippen molar-refractivity contribution in [2.45, 2.75) is 24.8 Å². The van der Waals surface area contributed by atoms with Crippen molar-refractivity contribution in [1.29, 1.82) is 0 Å². The lowest BCUT2D eigenvalue weighted by Crippen LogP contribution is -2.50. The van der Waals surface area contributed by atoms with Crippen LogP contribution < -0.4 is 0 Å². The molecule has 2 aliphatic rings. The number of rotatable bonds is 3. The minimum atomic E-state index is 0.141. The topological polar surface area (TPSA) is 36.1 Å². The summed E-state index contributed by atoms with van der Waals surface area (Å²) in [6.45, 7) is 5.61. The molecule has 21 heavy (non-hydrogen) atoms. The second kappa shape index (κ2) is 4.85. The SMILES string of the molecule is C=CCN1CC(C=O)CC2c3cccc4[nH]cc(c34)CC21. The number of carbonyl (C=O) groups excluding carboxylic acids is 1. The van der Waals surface area contributed by atoms with Crippen molar-refractivity contribution in [1.82, 2.24) is 9.88 Å². The molecular weight excluding hydrogens is 260 g/mol. The highest BCUT2D eigenvalue weighted by Gasteiger charge is 2.40. The first-order chi connectivity index (χ1) is 10.3. The Morgan fingerprint density at radius 1 is 1.43 bits per heavy atom. The summed E-state index contributed by atoms with van der Waals surface area (Å²) in [6.07, 6.45) is 7.30. The average Bonchev–Trinajstić information content (AvgIpc) is 2.93. The minimum Gasteiger partial charge on any atom is -0.361 e. The zero-order chi connectivity index (χ0) is 14.4. The highest BCUT2D eigenvalue weighted by Crippen LogP contribution is 2.44. The Morgan fingerprint density at radius 2 is 2.33 bits per heavy atom. The number of hydrogen-bond acceptors (Lipinski definition) is 2. The minimum absolute atomic E-state index is 0.141. The predicted octanol–water partition coefficient (Wildman–Crippen LogP) is 2.88. The third-order valence-corrected chi connectivity index (χ3v) is 5.16. The zero-order valence-corrected chi connectivity index (χ0v) is 12.1. The van der Waals surface area contributed by atoms with Gasteiger partial charge in [-0.2, -0.15) is 0 Å². The largest absolute Gasteiger partial charge is 0.361 e. The Balaban J connectivity index is 1.83. The molecule has 1 saturated heterocycles. The lowest BCUT2D eigenvalue weighted by atomic mass is 9.72. The van der Waals surface area contributed by atoms with Gasteiger partial charge in [-0.15, -0.1) is 6.58 Å². The molecule has 1 aliphatic heterocycles. The number of H-pyrrole nitrogens is 1. The number of likely N-dealkylation sites (tertiary alicyclic amines) is 1. The number of aromatic nitrogens is 1. The van der Waals surface area contributed by atoms with E-state index in [1.165, 1.54) is 22.0 Å². The quantitative estimate of drug-likeness (QED) is 0.693. The Kier molecular flexibility index (Phi) is 2.96. The maximum absolute atomic E-state index is 11.4. The Morgan fingerprint density at radius 3 is 3.14 bits per heavy atom. The number of benzene rings is 1. The molecule has 108 valence electrons. The maximum atomic E-state index is 11.4. The first-order valence-electron chi connectivity index (χ1n) is 7.71. The van der Waals surface area contributed by atoms with Crippen molar-refractivity contribution in [3.63, 3.8) is 0 Å². The fourth-order valence-corrected chi connectivity index (χ4v) is 4.31. The van der Waals surface area contributed by atoms with Crippen molar-refractivity contribution in [2.24, 2.45) is 5.92 Å². The molecule has 0 amide bonds. The van der Waals surface area contributed by atoms with Crippen molar-refractivity contribution in [3.05, 3.63) is 48.2 Å². The van der Waals surface area contributed by atoms with Crippen molar-refractivity contribution < 1.29 is 4.79 Å². The van der Waals surface area contributed by atoms with E-state index in [0.29, 0.717) is 12.0 Å². The molecule has 0 radical (unpaired) electrons. The molecule has 4 rings (SSSR count). The van der Waals surface area contributed by atoms with Gasteiger partial charge >= 0.3 is 0 Å². The van der Waals surface area contributed by atoms with Crippen LogP contribution in [-0.2, 0) is 11.2 Å². The van der Waals surface area contributed by atoms with E-state index in [1.807, 2.05) is 6.08 Å². The van der Waals surface area contributed by atoms with Crippen LogP contribution in [0.1, 0.15) is 23.5 Å². The maximum Gasteiger partial charge on any atom is 0.124 e. The predicted molar refractivity (Wildman–Crippen MR) is 84.5 cm³/mol. The highest BCUT2D eigenvalue weighted by molar-refractivity contribution is 5.88. The number of hydrogen-bond donors (Lipinski definition) is 1. The van der Waals surface area contributed by atoms with E-state index in [2.05, 4.69) is 40.9 Å². The van der Waals surface area contributed by atoms with Crippen LogP contribution in [0.5, 0.6) is 0 Å². The molecular formula is C18H20N2O. The van der Waals surface area contributed by atoms with E-state index >= 15 is 0 Å². The standard InChI is InChI=1S/C18H20N2O/c1-2-6-20-10-12(11-21)7-15-14-4-3-5-16-18(14)13(9-19-16)8-17(15)20/h2-5,9,11-12,15,17,19H,1,6-8,10H2. The van der Waals surface area contributed by atoms with Crippen molar-refractivity contribution in [3.8, 4) is 0 Å². The first-order valence-corrected chi connectivity index (χ1v) is 7.71. The van der Waals surface area contributed by atoms with E-state index in [1.54, 1.807) is 0 Å². The summed E-state index contributed by atoms with van der Waals surface area (Å²) >= 11 is 0. The normalized spacial score (nSPS) is 28.3. The van der Waals surface area contributed by atoms with Crippen molar-refractivity contribution in [2.75, 3.05) is 13.1 Å². The number of fused-ring (bicyclic) bond motifs is 2. The van der Waals surface area contributed by atoms with E-state index in [4.69, 9.17) is 0 Å². The fraction of sp³-hybridized carbons (Fsp3) is 0.389. The van der Waals surface area contributed by atoms with Crippen LogP contribution >= 0.6 is 0 Å². The van der Waals surface area contributed by atoms with Gasteiger partial charge in [0.15, 0.2) is 0 Å². The summed E-state index contributed by atoms with van der Waals surface area (Å²) < 4.78 is 0. The highest BCUT2D eigenvalue weighted by atomic mass is 16.1. The molecule has 0 spiro atoms. The van der Waals surface area contributed by atoms with Crippen LogP contribution in [0.4, 0.5) is 0 Å². The monoisotopic (exact) mass is 280 g/mol. The van der Waals surface area contributed by atoms with Gasteiger partial charge in [0.25, 0.3) is 0 Å². The molecule has 1 N–H and O–H groups in total. The summed E-state index contributed by atoms with van der Waals surface area (Å²) in [5, 5.41) is 1.39. The summed E-state index contributed by atoms with van der Waals surface area (Å²) in [4.78, 5) is 17.2. The molecule has 0 saturated carbocycles. The van der Waals surface area contributed by atoms with Crippen LogP contribution in [0.2, 0.25) is 0 Å². The van der Waals surface area contributed by atoms with Gasteiger partial charge in [0.05, 0.1) is 0 Å². The summed E-state index contributed by atoms with van der Waals surface area (Å²) in [7, 11) is 0. The van der Waals surface area contributed by atoms with Crippen LogP contribution in [-0.4, -0.2) is 35.3 Å². The van der Waals surface area contributed by atoms with Gasteiger partial charge in [-0.3, -0.25) is 4.90 Å². The van der Waals surface area contributed by atoms with Gasteiger partial charge in [0.1, 0.15) is 6.29 Å². The first kappa shape index (κ1) is 12.8. The smallest absolute Gasteiger partial charge is 0.124 e. The molecule has 3 nitrogen and oxygen atoms in total. The van der Waals surface area contributed by atoms with Gasteiger partial charge < -0.3 is 9.78 Å². The number of piperidine rings is 1. The molecule has 1 aromatic carbocycles. The number of aromatic amines is 1. The number of aldehydes is 1. The number of nitrogens with zero attached hydrogens (tertiary/aromatic N) is 1. The molecule has 1 aliphatic carbocycles. The second-order valence-electron chi connectivity index (χ2n) is 6.34. The van der Waals surface area contributed by atoms with Crippen LogP contribution in [0.15, 0.2) is 37.1 Å². The van der Waals surface area contributed by atoms with E-state index < -0.39 is 0 Å².